The second-order valence-electron chi connectivity index (χ2n) is 3.25. The number of rotatable bonds is 2. The number of aryl methyl sites for hydroxylation is 1. The molecule has 5 heteroatoms. The molecule has 0 aromatic carbocycles. The maximum Gasteiger partial charge on any atom is 0.420 e. The van der Waals surface area contributed by atoms with Gasteiger partial charge in [-0.3, -0.25) is 9.36 Å². The van der Waals surface area contributed by atoms with Gasteiger partial charge in [0.05, 0.1) is 0 Å². The lowest BCUT2D eigenvalue weighted by Gasteiger charge is -1.96. The molecule has 0 saturated carbocycles. The molecule has 0 saturated heterocycles. The maximum atomic E-state index is 11.4. The molecule has 0 amide bonds. The summed E-state index contributed by atoms with van der Waals surface area (Å²) in [5.74, 6) is -0.491. The summed E-state index contributed by atoms with van der Waals surface area (Å²) in [6, 6.07) is 1.55. The number of carbonyl (C=O) groups excluding carboxylic acids is 1. The zero-order valence-electron chi connectivity index (χ0n) is 8.48. The largest absolute Gasteiger partial charge is 0.420 e. The summed E-state index contributed by atoms with van der Waals surface area (Å²) in [7, 11) is 1.57. The maximum absolute atomic E-state index is 11.4. The minimum atomic E-state index is -0.474. The van der Waals surface area contributed by atoms with Crippen molar-refractivity contribution in [2.75, 3.05) is 0 Å². The van der Waals surface area contributed by atoms with Gasteiger partial charge in [0.2, 0.25) is 0 Å². The van der Waals surface area contributed by atoms with Crippen LogP contribution in [0.2, 0.25) is 0 Å². The van der Waals surface area contributed by atoms with Crippen molar-refractivity contribution in [2.45, 2.75) is 13.3 Å². The van der Waals surface area contributed by atoms with E-state index in [0.29, 0.717) is 23.2 Å². The van der Waals surface area contributed by atoms with Gasteiger partial charge in [0.25, 0.3) is 0 Å². The third-order valence-corrected chi connectivity index (χ3v) is 2.26. The Kier molecular flexibility index (Phi) is 2.15. The van der Waals surface area contributed by atoms with E-state index >= 15 is 0 Å². The van der Waals surface area contributed by atoms with Crippen molar-refractivity contribution >= 4 is 17.0 Å². The lowest BCUT2D eigenvalue weighted by molar-refractivity contribution is 0.0988. The van der Waals surface area contributed by atoms with E-state index in [1.54, 1.807) is 20.0 Å². The van der Waals surface area contributed by atoms with E-state index in [2.05, 4.69) is 4.98 Å². The van der Waals surface area contributed by atoms with Gasteiger partial charge in [-0.05, 0) is 6.07 Å². The Hall–Kier alpha value is -1.91. The van der Waals surface area contributed by atoms with Crippen LogP contribution in [-0.2, 0) is 7.05 Å². The van der Waals surface area contributed by atoms with E-state index in [-0.39, 0.29) is 5.78 Å². The zero-order chi connectivity index (χ0) is 11.0. The van der Waals surface area contributed by atoms with E-state index < -0.39 is 5.76 Å². The molecular formula is C10H10N2O3. The highest BCUT2D eigenvalue weighted by Gasteiger charge is 2.10. The first-order valence-electron chi connectivity index (χ1n) is 4.62. The molecule has 0 aliphatic heterocycles. The van der Waals surface area contributed by atoms with Crippen LogP contribution >= 0.6 is 0 Å². The highest BCUT2D eigenvalue weighted by Crippen LogP contribution is 2.12. The van der Waals surface area contributed by atoms with Gasteiger partial charge >= 0.3 is 5.76 Å². The SMILES string of the molecule is CCC(=O)c1cnc2c(c1)oc(=O)n2C. The number of pyridine rings is 1. The van der Waals surface area contributed by atoms with E-state index in [1.807, 2.05) is 0 Å². The molecular weight excluding hydrogens is 196 g/mol. The smallest absolute Gasteiger partial charge is 0.406 e. The summed E-state index contributed by atoms with van der Waals surface area (Å²) in [5, 5.41) is 0. The van der Waals surface area contributed by atoms with E-state index in [1.165, 1.54) is 10.8 Å². The van der Waals surface area contributed by atoms with Crippen molar-refractivity contribution in [1.29, 1.82) is 0 Å². The normalized spacial score (nSPS) is 10.8. The minimum absolute atomic E-state index is 0.0177. The predicted molar refractivity (Wildman–Crippen MR) is 53.9 cm³/mol. The molecule has 0 fully saturated rings. The number of ketones is 1. The van der Waals surface area contributed by atoms with Crippen LogP contribution in [0, 0.1) is 0 Å². The second kappa shape index (κ2) is 3.34. The van der Waals surface area contributed by atoms with Gasteiger partial charge in [-0.15, -0.1) is 0 Å². The molecule has 0 spiro atoms. The lowest BCUT2D eigenvalue weighted by Crippen LogP contribution is -2.09. The topological polar surface area (TPSA) is 65.1 Å². The zero-order valence-corrected chi connectivity index (χ0v) is 8.48. The number of hydrogen-bond donors (Lipinski definition) is 0. The number of oxazole rings is 1. The molecule has 2 rings (SSSR count). The van der Waals surface area contributed by atoms with E-state index in [4.69, 9.17) is 4.42 Å². The van der Waals surface area contributed by atoms with Gasteiger partial charge in [0.15, 0.2) is 17.0 Å². The van der Waals surface area contributed by atoms with Crippen LogP contribution < -0.4 is 5.76 Å². The summed E-state index contributed by atoms with van der Waals surface area (Å²) in [6.45, 7) is 1.77. The van der Waals surface area contributed by atoms with Crippen molar-refractivity contribution in [3.63, 3.8) is 0 Å². The number of Topliss-reactive ketones (excluding diaryl/α,β-unsaturated/α-hetero) is 1. The Balaban J connectivity index is 2.67. The number of hydrogen-bond acceptors (Lipinski definition) is 4. The summed E-state index contributed by atoms with van der Waals surface area (Å²) in [6.07, 6.45) is 1.87. The second-order valence-corrected chi connectivity index (χ2v) is 3.25. The third kappa shape index (κ3) is 1.45. The van der Waals surface area contributed by atoms with Gasteiger partial charge in [-0.25, -0.2) is 9.78 Å². The third-order valence-electron chi connectivity index (χ3n) is 2.26. The summed E-state index contributed by atoms with van der Waals surface area (Å²) < 4.78 is 6.23. The van der Waals surface area contributed by atoms with Crippen LogP contribution in [0.4, 0.5) is 0 Å². The van der Waals surface area contributed by atoms with Gasteiger partial charge in [-0.1, -0.05) is 6.92 Å². The monoisotopic (exact) mass is 206 g/mol. The highest BCUT2D eigenvalue weighted by atomic mass is 16.4. The molecule has 0 aliphatic carbocycles. The fourth-order valence-corrected chi connectivity index (χ4v) is 1.37. The molecule has 2 aromatic heterocycles. The molecule has 0 aliphatic rings. The van der Waals surface area contributed by atoms with Gasteiger partial charge in [-0.2, -0.15) is 0 Å². The molecule has 0 radical (unpaired) electrons. The van der Waals surface area contributed by atoms with Gasteiger partial charge in [0, 0.05) is 25.2 Å². The minimum Gasteiger partial charge on any atom is -0.406 e. The van der Waals surface area contributed by atoms with Crippen molar-refractivity contribution in [2.24, 2.45) is 7.05 Å². The van der Waals surface area contributed by atoms with E-state index in [9.17, 15) is 9.59 Å². The number of aromatic nitrogens is 2. The molecule has 0 atom stereocenters. The number of fused-ring (bicyclic) bond motifs is 1. The first kappa shape index (κ1) is 9.64. The molecule has 2 heterocycles. The van der Waals surface area contributed by atoms with Crippen LogP contribution in [0.5, 0.6) is 0 Å². The molecule has 0 N–H and O–H groups in total. The Labute approximate surface area is 85.3 Å². The van der Waals surface area contributed by atoms with Crippen molar-refractivity contribution < 1.29 is 9.21 Å². The van der Waals surface area contributed by atoms with E-state index in [0.717, 1.165) is 0 Å². The standard InChI is InChI=1S/C10H10N2O3/c1-3-7(13)6-4-8-9(11-5-6)12(2)10(14)15-8/h4-5H,3H2,1-2H3. The van der Waals surface area contributed by atoms with Crippen molar-refractivity contribution in [1.82, 2.24) is 9.55 Å². The molecule has 15 heavy (non-hydrogen) atoms. The first-order chi connectivity index (χ1) is 7.13. The van der Waals surface area contributed by atoms with Gasteiger partial charge in [0.1, 0.15) is 0 Å². The summed E-state index contributed by atoms with van der Waals surface area (Å²) in [5.41, 5.74) is 1.27. The molecule has 0 unspecified atom stereocenters. The Morgan fingerprint density at radius 2 is 2.33 bits per heavy atom. The first-order valence-corrected chi connectivity index (χ1v) is 4.62. The summed E-state index contributed by atoms with van der Waals surface area (Å²) in [4.78, 5) is 26.6. The molecule has 5 nitrogen and oxygen atoms in total. The Morgan fingerprint density at radius 1 is 1.60 bits per heavy atom. The van der Waals surface area contributed by atoms with Crippen LogP contribution in [0.25, 0.3) is 11.2 Å². The average Bonchev–Trinajstić information content (AvgIpc) is 2.53. The molecule has 78 valence electrons. The number of carbonyl (C=O) groups is 1. The van der Waals surface area contributed by atoms with Crippen LogP contribution in [0.15, 0.2) is 21.5 Å². The molecule has 0 bridgehead atoms. The van der Waals surface area contributed by atoms with Crippen molar-refractivity contribution in [3.05, 3.63) is 28.4 Å². The molecule has 2 aromatic rings. The average molecular weight is 206 g/mol. The lowest BCUT2D eigenvalue weighted by atomic mass is 10.1. The van der Waals surface area contributed by atoms with Crippen molar-refractivity contribution in [3.8, 4) is 0 Å². The predicted octanol–water partition coefficient (Wildman–Crippen LogP) is 1.12. The fourth-order valence-electron chi connectivity index (χ4n) is 1.37. The summed E-state index contributed by atoms with van der Waals surface area (Å²) >= 11 is 0. The van der Waals surface area contributed by atoms with Gasteiger partial charge < -0.3 is 4.42 Å². The quantitative estimate of drug-likeness (QED) is 0.690. The fraction of sp³-hybridized carbons (Fsp3) is 0.300. The highest BCUT2D eigenvalue weighted by molar-refractivity contribution is 5.97. The number of nitrogens with zero attached hydrogens (tertiary/aromatic N) is 2. The van der Waals surface area contributed by atoms with Crippen LogP contribution in [-0.4, -0.2) is 15.3 Å². The Bertz CT molecular complexity index is 580. The van der Waals surface area contributed by atoms with Crippen LogP contribution in [0.3, 0.4) is 0 Å². The Morgan fingerprint density at radius 3 is 3.00 bits per heavy atom. The van der Waals surface area contributed by atoms with Crippen LogP contribution in [0.1, 0.15) is 23.7 Å².